The van der Waals surface area contributed by atoms with E-state index in [9.17, 15) is 0 Å². The molecule has 2 nitrogen and oxygen atoms in total. The van der Waals surface area contributed by atoms with Gasteiger partial charge >= 0.3 is 0 Å². The van der Waals surface area contributed by atoms with Crippen LogP contribution in [0, 0.1) is 0 Å². The summed E-state index contributed by atoms with van der Waals surface area (Å²) in [5, 5.41) is 11.5. The van der Waals surface area contributed by atoms with Crippen molar-refractivity contribution in [3.63, 3.8) is 0 Å². The predicted molar refractivity (Wildman–Crippen MR) is 223 cm³/mol. The van der Waals surface area contributed by atoms with E-state index in [0.717, 1.165) is 22.3 Å². The Labute approximate surface area is 302 Å². The van der Waals surface area contributed by atoms with E-state index in [1.165, 1.54) is 91.1 Å². The summed E-state index contributed by atoms with van der Waals surface area (Å²) in [5.74, 6) is 0. The predicted octanol–water partition coefficient (Wildman–Crippen LogP) is 13.9. The molecule has 3 heteroatoms. The lowest BCUT2D eigenvalue weighted by Gasteiger charge is -2.13. The molecule has 8 aromatic carbocycles. The van der Waals surface area contributed by atoms with Crippen LogP contribution in [0.25, 0.3) is 113 Å². The number of rotatable bonds is 3. The molecule has 0 bridgehead atoms. The maximum Gasteiger partial charge on any atom is 0.0788 e. The highest BCUT2D eigenvalue weighted by atomic mass is 32.1. The lowest BCUT2D eigenvalue weighted by Crippen LogP contribution is -1.91. The Bertz CT molecular complexity index is 3320. The molecule has 12 aromatic rings. The van der Waals surface area contributed by atoms with Gasteiger partial charge in [-0.2, -0.15) is 0 Å². The Morgan fingerprint density at radius 1 is 0.365 bits per heavy atom. The van der Waals surface area contributed by atoms with Gasteiger partial charge in [0, 0.05) is 63.4 Å². The van der Waals surface area contributed by atoms with Gasteiger partial charge in [0.1, 0.15) is 0 Å². The highest BCUT2D eigenvalue weighted by Gasteiger charge is 2.20. The fourth-order valence-corrected chi connectivity index (χ4v) is 9.91. The van der Waals surface area contributed by atoms with E-state index in [-0.39, 0.29) is 0 Å². The topological polar surface area (TPSA) is 17.3 Å². The van der Waals surface area contributed by atoms with Gasteiger partial charge in [-0.1, -0.05) is 121 Å². The second-order valence-corrected chi connectivity index (χ2v) is 15.0. The standard InChI is InChI=1S/C49H28N2S/c1-2-11-29(12-3-1)48-38-23-24-45-47(37-17-6-9-20-44(37)52-45)46(38)36-22-21-32(28-41(36)50-48)30-13-10-14-31(25-30)33-26-39-34-15-4-7-18-42(34)51-43-19-8-5-16-35(43)40(27-33)49(39)51/h1-28H. The van der Waals surface area contributed by atoms with Gasteiger partial charge in [0.2, 0.25) is 0 Å². The van der Waals surface area contributed by atoms with Crippen LogP contribution in [0.3, 0.4) is 0 Å². The first-order chi connectivity index (χ1) is 25.8. The average Bonchev–Trinajstić information content (AvgIpc) is 3.87. The Hall–Kier alpha value is -6.55. The van der Waals surface area contributed by atoms with Crippen LogP contribution < -0.4 is 0 Å². The SMILES string of the molecule is c1ccc(-c2nc3cc(-c4cccc(-c5cc6c7ccccc7n7c8ccccc8c(c5)c67)c4)ccc3c3c2ccc2sc4ccccc4c23)cc1. The van der Waals surface area contributed by atoms with Crippen molar-refractivity contribution in [3.05, 3.63) is 170 Å². The third-order valence-corrected chi connectivity index (χ3v) is 12.2. The summed E-state index contributed by atoms with van der Waals surface area (Å²) in [6.07, 6.45) is 0. The molecule has 4 aromatic heterocycles. The Balaban J connectivity index is 1.08. The van der Waals surface area contributed by atoms with Crippen molar-refractivity contribution in [1.29, 1.82) is 0 Å². The summed E-state index contributed by atoms with van der Waals surface area (Å²) >= 11 is 1.87. The number of aromatic nitrogens is 2. The molecule has 12 rings (SSSR count). The number of pyridine rings is 1. The minimum Gasteiger partial charge on any atom is -0.308 e. The molecule has 4 heterocycles. The molecule has 0 aliphatic heterocycles. The van der Waals surface area contributed by atoms with Crippen LogP contribution in [0.15, 0.2) is 170 Å². The van der Waals surface area contributed by atoms with Crippen molar-refractivity contribution in [2.24, 2.45) is 0 Å². The molecule has 240 valence electrons. The third-order valence-electron chi connectivity index (χ3n) is 11.1. The van der Waals surface area contributed by atoms with E-state index in [1.54, 1.807) is 0 Å². The first-order valence-corrected chi connectivity index (χ1v) is 18.6. The summed E-state index contributed by atoms with van der Waals surface area (Å²) in [4.78, 5) is 5.42. The number of hydrogen-bond acceptors (Lipinski definition) is 2. The molecule has 0 fully saturated rings. The van der Waals surface area contributed by atoms with Crippen molar-refractivity contribution in [2.75, 3.05) is 0 Å². The largest absolute Gasteiger partial charge is 0.308 e. The van der Waals surface area contributed by atoms with Gasteiger partial charge in [0.25, 0.3) is 0 Å². The number of para-hydroxylation sites is 2. The van der Waals surface area contributed by atoms with Crippen molar-refractivity contribution in [2.45, 2.75) is 0 Å². The van der Waals surface area contributed by atoms with Crippen LogP contribution in [0.2, 0.25) is 0 Å². The number of benzene rings is 8. The molecule has 52 heavy (non-hydrogen) atoms. The van der Waals surface area contributed by atoms with Gasteiger partial charge in [-0.15, -0.1) is 11.3 Å². The van der Waals surface area contributed by atoms with Crippen molar-refractivity contribution in [3.8, 4) is 33.5 Å². The van der Waals surface area contributed by atoms with Crippen molar-refractivity contribution in [1.82, 2.24) is 9.38 Å². The molecule has 0 amide bonds. The minimum absolute atomic E-state index is 1.01. The van der Waals surface area contributed by atoms with Crippen LogP contribution in [0.1, 0.15) is 0 Å². The van der Waals surface area contributed by atoms with Gasteiger partial charge in [0.15, 0.2) is 0 Å². The summed E-state index contributed by atoms with van der Waals surface area (Å²) in [7, 11) is 0. The highest BCUT2D eigenvalue weighted by molar-refractivity contribution is 7.26. The molecule has 0 aliphatic rings. The molecule has 0 aliphatic carbocycles. The van der Waals surface area contributed by atoms with Gasteiger partial charge in [-0.05, 0) is 70.8 Å². The van der Waals surface area contributed by atoms with Crippen LogP contribution in [0.5, 0.6) is 0 Å². The van der Waals surface area contributed by atoms with E-state index in [4.69, 9.17) is 4.98 Å². The smallest absolute Gasteiger partial charge is 0.0788 e. The van der Waals surface area contributed by atoms with E-state index in [1.807, 2.05) is 11.3 Å². The molecule has 0 saturated heterocycles. The monoisotopic (exact) mass is 676 g/mol. The molecular formula is C49H28N2S. The van der Waals surface area contributed by atoms with Crippen molar-refractivity contribution >= 4 is 91.3 Å². The highest BCUT2D eigenvalue weighted by Crippen LogP contribution is 2.45. The second kappa shape index (κ2) is 10.5. The van der Waals surface area contributed by atoms with Crippen LogP contribution in [-0.2, 0) is 0 Å². The van der Waals surface area contributed by atoms with E-state index in [0.29, 0.717) is 0 Å². The number of thiophene rings is 1. The molecule has 0 unspecified atom stereocenters. The molecule has 0 N–H and O–H groups in total. The molecule has 0 spiro atoms. The fraction of sp³-hybridized carbons (Fsp3) is 0. The fourth-order valence-electron chi connectivity index (χ4n) is 8.80. The van der Waals surface area contributed by atoms with E-state index in [2.05, 4.69) is 174 Å². The summed E-state index contributed by atoms with van der Waals surface area (Å²) in [6.45, 7) is 0. The van der Waals surface area contributed by atoms with Crippen molar-refractivity contribution < 1.29 is 0 Å². The molecular weight excluding hydrogens is 649 g/mol. The minimum atomic E-state index is 1.01. The lowest BCUT2D eigenvalue weighted by atomic mass is 9.93. The Morgan fingerprint density at radius 2 is 0.981 bits per heavy atom. The summed E-state index contributed by atoms with van der Waals surface area (Å²) in [5.41, 5.74) is 11.8. The van der Waals surface area contributed by atoms with Gasteiger partial charge in [-0.25, -0.2) is 4.98 Å². The zero-order valence-corrected chi connectivity index (χ0v) is 28.8. The van der Waals surface area contributed by atoms with E-state index >= 15 is 0 Å². The lowest BCUT2D eigenvalue weighted by molar-refractivity contribution is 1.37. The quantitative estimate of drug-likeness (QED) is 0.170. The number of fused-ring (bicyclic) bond motifs is 13. The zero-order chi connectivity index (χ0) is 33.9. The molecule has 0 saturated carbocycles. The Morgan fingerprint density at radius 3 is 1.75 bits per heavy atom. The molecule has 0 radical (unpaired) electrons. The zero-order valence-electron chi connectivity index (χ0n) is 28.0. The maximum atomic E-state index is 5.42. The number of hydrogen-bond donors (Lipinski definition) is 0. The average molecular weight is 677 g/mol. The van der Waals surface area contributed by atoms with Gasteiger partial charge < -0.3 is 4.40 Å². The summed E-state index contributed by atoms with van der Waals surface area (Å²) in [6, 6.07) is 62.2. The van der Waals surface area contributed by atoms with Crippen LogP contribution in [-0.4, -0.2) is 9.38 Å². The first-order valence-electron chi connectivity index (χ1n) is 17.8. The molecule has 0 atom stereocenters. The van der Waals surface area contributed by atoms with Crippen LogP contribution >= 0.6 is 11.3 Å². The number of nitrogens with zero attached hydrogens (tertiary/aromatic N) is 2. The van der Waals surface area contributed by atoms with Gasteiger partial charge in [0.05, 0.1) is 27.8 Å². The van der Waals surface area contributed by atoms with Crippen LogP contribution in [0.4, 0.5) is 0 Å². The second-order valence-electron chi connectivity index (χ2n) is 13.9. The Kier molecular flexibility index (Phi) is 5.68. The van der Waals surface area contributed by atoms with Gasteiger partial charge in [-0.3, -0.25) is 0 Å². The summed E-state index contributed by atoms with van der Waals surface area (Å²) < 4.78 is 5.06. The third kappa shape index (κ3) is 3.86. The first kappa shape index (κ1) is 28.2. The maximum absolute atomic E-state index is 5.42. The van der Waals surface area contributed by atoms with E-state index < -0.39 is 0 Å². The normalized spacial score (nSPS) is 12.2.